The van der Waals surface area contributed by atoms with Crippen molar-refractivity contribution in [2.24, 2.45) is 0 Å². The van der Waals surface area contributed by atoms with Gasteiger partial charge in [-0.15, -0.1) is 0 Å². The third kappa shape index (κ3) is 3.25. The molecule has 8 heteroatoms. The summed E-state index contributed by atoms with van der Waals surface area (Å²) in [6.45, 7) is 2.03. The normalized spacial score (nSPS) is 13.3. The van der Waals surface area contributed by atoms with Crippen molar-refractivity contribution in [2.75, 3.05) is 11.9 Å². The van der Waals surface area contributed by atoms with Crippen LogP contribution in [0.1, 0.15) is 17.1 Å². The third-order valence-electron chi connectivity index (χ3n) is 4.58. The minimum atomic E-state index is 0.362. The number of aromatic nitrogens is 4. The zero-order valence-electron chi connectivity index (χ0n) is 15.1. The van der Waals surface area contributed by atoms with E-state index >= 15 is 0 Å². The van der Waals surface area contributed by atoms with Gasteiger partial charge in [-0.3, -0.25) is 0 Å². The lowest BCUT2D eigenvalue weighted by atomic mass is 10.1. The molecule has 1 aliphatic rings. The van der Waals surface area contributed by atoms with Crippen LogP contribution in [-0.2, 0) is 19.5 Å². The van der Waals surface area contributed by atoms with Crippen LogP contribution in [0.4, 0.5) is 5.82 Å². The highest BCUT2D eigenvalue weighted by Gasteiger charge is 2.19. The van der Waals surface area contributed by atoms with Gasteiger partial charge < -0.3 is 19.6 Å². The highest BCUT2D eigenvalue weighted by Crippen LogP contribution is 2.25. The Morgan fingerprint density at radius 1 is 1.04 bits per heavy atom. The molecule has 0 fully saturated rings. The number of hydrogen-bond acceptors (Lipinski definition) is 8. The Bertz CT molecular complexity index is 1080. The van der Waals surface area contributed by atoms with E-state index in [0.29, 0.717) is 29.8 Å². The van der Waals surface area contributed by atoms with E-state index in [0.717, 1.165) is 42.1 Å². The summed E-state index contributed by atoms with van der Waals surface area (Å²) < 4.78 is 10.6. The Labute approximate surface area is 161 Å². The summed E-state index contributed by atoms with van der Waals surface area (Å²) in [5.74, 6) is 2.97. The fourth-order valence-electron chi connectivity index (χ4n) is 3.21. The molecule has 0 aliphatic carbocycles. The quantitative estimate of drug-likeness (QED) is 0.550. The van der Waals surface area contributed by atoms with Crippen molar-refractivity contribution in [3.63, 3.8) is 0 Å². The number of nitrogens with one attached hydrogen (secondary N) is 2. The zero-order chi connectivity index (χ0) is 18.8. The number of hydrogen-bond donors (Lipinski definition) is 2. The van der Waals surface area contributed by atoms with Crippen LogP contribution in [-0.4, -0.2) is 26.7 Å². The molecule has 1 aliphatic heterocycles. The number of nitrogens with zero attached hydrogens (tertiary/aromatic N) is 4. The van der Waals surface area contributed by atoms with Gasteiger partial charge in [-0.2, -0.15) is 4.98 Å². The van der Waals surface area contributed by atoms with Gasteiger partial charge in [0.2, 0.25) is 0 Å². The number of rotatable bonds is 5. The molecular formula is C20H18N6O2. The lowest BCUT2D eigenvalue weighted by molar-refractivity contribution is 0.410. The Hall–Kier alpha value is -3.52. The smallest absolute Gasteiger partial charge is 0.293 e. The van der Waals surface area contributed by atoms with Crippen molar-refractivity contribution in [1.82, 2.24) is 25.4 Å². The summed E-state index contributed by atoms with van der Waals surface area (Å²) in [6, 6.07) is 13.5. The molecule has 0 unspecified atom stereocenters. The Balaban J connectivity index is 1.42. The van der Waals surface area contributed by atoms with Crippen LogP contribution in [0.5, 0.6) is 0 Å². The van der Waals surface area contributed by atoms with Gasteiger partial charge in [0.15, 0.2) is 17.4 Å². The van der Waals surface area contributed by atoms with Crippen LogP contribution >= 0.6 is 0 Å². The van der Waals surface area contributed by atoms with Gasteiger partial charge in [-0.25, -0.2) is 9.97 Å². The number of fused-ring (bicyclic) bond motifs is 1. The van der Waals surface area contributed by atoms with E-state index in [1.54, 1.807) is 18.4 Å². The summed E-state index contributed by atoms with van der Waals surface area (Å²) in [7, 11) is 0. The van der Waals surface area contributed by atoms with Crippen LogP contribution in [0.15, 0.2) is 57.7 Å². The highest BCUT2D eigenvalue weighted by molar-refractivity contribution is 5.60. The van der Waals surface area contributed by atoms with Crippen LogP contribution in [0.25, 0.3) is 23.0 Å². The zero-order valence-corrected chi connectivity index (χ0v) is 15.1. The molecule has 0 saturated carbocycles. The minimum Gasteiger partial charge on any atom is -0.459 e. The van der Waals surface area contributed by atoms with E-state index in [1.165, 1.54) is 0 Å². The maximum absolute atomic E-state index is 5.29. The predicted molar refractivity (Wildman–Crippen MR) is 102 cm³/mol. The number of benzene rings is 1. The molecule has 0 atom stereocenters. The van der Waals surface area contributed by atoms with E-state index in [2.05, 4.69) is 20.8 Å². The number of anilines is 1. The molecule has 3 aromatic heterocycles. The first-order valence-electron chi connectivity index (χ1n) is 9.13. The molecule has 5 rings (SSSR count). The lowest BCUT2D eigenvalue weighted by Gasteiger charge is -2.20. The summed E-state index contributed by atoms with van der Waals surface area (Å²) in [5, 5.41) is 10.8. The van der Waals surface area contributed by atoms with Crippen molar-refractivity contribution in [2.45, 2.75) is 19.5 Å². The van der Waals surface area contributed by atoms with Crippen LogP contribution < -0.4 is 10.6 Å². The molecule has 0 spiro atoms. The van der Waals surface area contributed by atoms with E-state index < -0.39 is 0 Å². The van der Waals surface area contributed by atoms with Crippen molar-refractivity contribution in [3.05, 3.63) is 65.8 Å². The summed E-state index contributed by atoms with van der Waals surface area (Å²) >= 11 is 0. The fraction of sp³-hybridized carbons (Fsp3) is 0.200. The van der Waals surface area contributed by atoms with Gasteiger partial charge >= 0.3 is 0 Å². The second-order valence-electron chi connectivity index (χ2n) is 6.46. The van der Waals surface area contributed by atoms with Crippen LogP contribution in [0.3, 0.4) is 0 Å². The van der Waals surface area contributed by atoms with Gasteiger partial charge in [0.05, 0.1) is 18.5 Å². The first-order chi connectivity index (χ1) is 13.9. The summed E-state index contributed by atoms with van der Waals surface area (Å²) in [5.41, 5.74) is 3.14. The molecule has 0 amide bonds. The van der Waals surface area contributed by atoms with Crippen LogP contribution in [0.2, 0.25) is 0 Å². The Kier molecular flexibility index (Phi) is 4.30. The van der Waals surface area contributed by atoms with Gasteiger partial charge in [-0.05, 0) is 25.1 Å². The van der Waals surface area contributed by atoms with E-state index in [4.69, 9.17) is 18.9 Å². The van der Waals surface area contributed by atoms with Gasteiger partial charge in [-0.1, -0.05) is 35.5 Å². The standard InChI is InChI=1S/C20H18N6O2/c1-2-5-13(6-3-1)18-23-15-11-21-9-8-14(15)19(25-18)22-12-17-24-20(28-26-17)16-7-4-10-27-16/h1-7,10,21H,8-9,11-12H2,(H,22,23,25). The molecule has 0 bridgehead atoms. The SMILES string of the molecule is c1ccc(-c2nc3c(c(NCc4noc(-c5ccco5)n4)n2)CCNC3)cc1. The number of furan rings is 1. The maximum atomic E-state index is 5.29. The van der Waals surface area contributed by atoms with Gasteiger partial charge in [0.25, 0.3) is 5.89 Å². The van der Waals surface area contributed by atoms with Crippen molar-refractivity contribution < 1.29 is 8.94 Å². The first-order valence-corrected chi connectivity index (χ1v) is 9.13. The van der Waals surface area contributed by atoms with Crippen molar-refractivity contribution in [1.29, 1.82) is 0 Å². The fourth-order valence-corrected chi connectivity index (χ4v) is 3.21. The molecule has 28 heavy (non-hydrogen) atoms. The van der Waals surface area contributed by atoms with Gasteiger partial charge in [0, 0.05) is 17.7 Å². The second-order valence-corrected chi connectivity index (χ2v) is 6.46. The molecule has 8 nitrogen and oxygen atoms in total. The summed E-state index contributed by atoms with van der Waals surface area (Å²) in [4.78, 5) is 13.9. The molecule has 140 valence electrons. The molecule has 4 heterocycles. The minimum absolute atomic E-state index is 0.362. The lowest BCUT2D eigenvalue weighted by Crippen LogP contribution is -2.26. The van der Waals surface area contributed by atoms with E-state index in [9.17, 15) is 0 Å². The molecule has 0 saturated heterocycles. The second kappa shape index (κ2) is 7.24. The first kappa shape index (κ1) is 16.6. The monoisotopic (exact) mass is 374 g/mol. The van der Waals surface area contributed by atoms with Crippen LogP contribution in [0, 0.1) is 0 Å². The summed E-state index contributed by atoms with van der Waals surface area (Å²) in [6.07, 6.45) is 2.44. The molecular weight excluding hydrogens is 356 g/mol. The molecule has 0 radical (unpaired) electrons. The largest absolute Gasteiger partial charge is 0.459 e. The Morgan fingerprint density at radius 3 is 2.82 bits per heavy atom. The average Bonchev–Trinajstić information content (AvgIpc) is 3.44. The van der Waals surface area contributed by atoms with E-state index in [-0.39, 0.29) is 0 Å². The van der Waals surface area contributed by atoms with Gasteiger partial charge in [0.1, 0.15) is 5.82 Å². The molecule has 2 N–H and O–H groups in total. The predicted octanol–water partition coefficient (Wildman–Crippen LogP) is 3.04. The van der Waals surface area contributed by atoms with E-state index in [1.807, 2.05) is 30.3 Å². The molecule has 4 aromatic rings. The topological polar surface area (TPSA) is 102 Å². The molecule has 1 aromatic carbocycles. The highest BCUT2D eigenvalue weighted by atomic mass is 16.5. The Morgan fingerprint density at radius 2 is 1.96 bits per heavy atom. The maximum Gasteiger partial charge on any atom is 0.293 e. The average molecular weight is 374 g/mol. The van der Waals surface area contributed by atoms with Crippen molar-refractivity contribution in [3.8, 4) is 23.0 Å². The van der Waals surface area contributed by atoms with Crippen molar-refractivity contribution >= 4 is 5.82 Å². The third-order valence-corrected chi connectivity index (χ3v) is 4.58.